The van der Waals surface area contributed by atoms with Crippen molar-refractivity contribution in [3.63, 3.8) is 0 Å². The number of carbonyl (C=O) groups excluding carboxylic acids is 1. The summed E-state index contributed by atoms with van der Waals surface area (Å²) in [6.45, 7) is 0.633. The molecular weight excluding hydrogens is 382 g/mol. The normalized spacial score (nSPS) is 20.4. The van der Waals surface area contributed by atoms with Crippen LogP contribution in [0.1, 0.15) is 33.1 Å². The largest absolute Gasteiger partial charge is 0.456 e. The zero-order valence-electron chi connectivity index (χ0n) is 13.4. The smallest absolute Gasteiger partial charge is 0.430 e. The summed E-state index contributed by atoms with van der Waals surface area (Å²) in [4.78, 5) is 11.8. The van der Waals surface area contributed by atoms with Crippen LogP contribution in [-0.2, 0) is 19.4 Å². The van der Waals surface area contributed by atoms with Gasteiger partial charge in [0.05, 0.1) is 11.5 Å². The molecule has 0 unspecified atom stereocenters. The number of rotatable bonds is 4. The van der Waals surface area contributed by atoms with Crippen LogP contribution in [0.4, 0.5) is 26.3 Å². The van der Waals surface area contributed by atoms with E-state index in [1.807, 2.05) is 0 Å². The van der Waals surface area contributed by atoms with E-state index in [1.54, 1.807) is 0 Å². The third-order valence-corrected chi connectivity index (χ3v) is 5.91. The van der Waals surface area contributed by atoms with Crippen molar-refractivity contribution in [3.8, 4) is 0 Å². The molecule has 5 nitrogen and oxygen atoms in total. The number of halogens is 6. The molecule has 0 aliphatic carbocycles. The number of alkyl halides is 6. The fourth-order valence-corrected chi connectivity index (χ4v) is 4.21. The van der Waals surface area contributed by atoms with Gasteiger partial charge in [-0.05, 0) is 32.6 Å². The van der Waals surface area contributed by atoms with E-state index in [9.17, 15) is 44.7 Å². The van der Waals surface area contributed by atoms with Crippen molar-refractivity contribution < 1.29 is 49.4 Å². The second kappa shape index (κ2) is 6.60. The van der Waals surface area contributed by atoms with Crippen LogP contribution in [0.15, 0.2) is 0 Å². The Morgan fingerprint density at radius 1 is 1.04 bits per heavy atom. The first-order valence-corrected chi connectivity index (χ1v) is 9.03. The van der Waals surface area contributed by atoms with Crippen LogP contribution in [0.25, 0.3) is 0 Å². The lowest BCUT2D eigenvalue weighted by atomic mass is 9.84. The average molecular weight is 400 g/mol. The highest BCUT2D eigenvalue weighted by molar-refractivity contribution is 7.91. The minimum Gasteiger partial charge on any atom is -0.456 e. The average Bonchev–Trinajstić information content (AvgIpc) is 2.36. The Hall–Kier alpha value is -1.04. The van der Waals surface area contributed by atoms with E-state index in [4.69, 9.17) is 0 Å². The molecule has 0 amide bonds. The highest BCUT2D eigenvalue weighted by atomic mass is 32.2. The zero-order valence-corrected chi connectivity index (χ0v) is 14.2. The fraction of sp³-hybridized carbons (Fsp3) is 0.923. The topological polar surface area (TPSA) is 80.7 Å². The molecule has 148 valence electrons. The van der Waals surface area contributed by atoms with E-state index < -0.39 is 51.7 Å². The van der Waals surface area contributed by atoms with Gasteiger partial charge in [-0.15, -0.1) is 0 Å². The van der Waals surface area contributed by atoms with Gasteiger partial charge in [-0.2, -0.15) is 26.3 Å². The van der Waals surface area contributed by atoms with Crippen molar-refractivity contribution in [2.45, 2.75) is 56.7 Å². The number of hydrogen-bond donors (Lipinski definition) is 1. The Morgan fingerprint density at radius 2 is 1.44 bits per heavy atom. The number of sulfone groups is 1. The number of carbonyl (C=O) groups is 1. The maximum Gasteiger partial charge on any atom is 0.430 e. The molecule has 1 N–H and O–H groups in total. The Bertz CT molecular complexity index is 579. The van der Waals surface area contributed by atoms with E-state index in [1.165, 1.54) is 0 Å². The molecule has 0 aromatic rings. The number of aliphatic hydroxyl groups is 1. The summed E-state index contributed by atoms with van der Waals surface area (Å²) in [5, 5.41) is 9.33. The molecule has 1 saturated heterocycles. The van der Waals surface area contributed by atoms with E-state index in [-0.39, 0.29) is 24.3 Å². The minimum atomic E-state index is -6.13. The monoisotopic (exact) mass is 400 g/mol. The van der Waals surface area contributed by atoms with Crippen molar-refractivity contribution in [3.05, 3.63) is 0 Å². The van der Waals surface area contributed by atoms with Gasteiger partial charge in [0.15, 0.2) is 5.60 Å². The second-order valence-corrected chi connectivity index (χ2v) is 8.79. The highest BCUT2D eigenvalue weighted by Crippen LogP contribution is 2.50. The first-order valence-electron chi connectivity index (χ1n) is 7.21. The lowest BCUT2D eigenvalue weighted by molar-refractivity contribution is -0.407. The summed E-state index contributed by atoms with van der Waals surface area (Å²) in [6.07, 6.45) is -12.7. The van der Waals surface area contributed by atoms with Gasteiger partial charge in [-0.3, -0.25) is 4.79 Å². The van der Waals surface area contributed by atoms with E-state index >= 15 is 0 Å². The summed E-state index contributed by atoms with van der Waals surface area (Å²) >= 11 is 0. The van der Waals surface area contributed by atoms with Crippen LogP contribution < -0.4 is 0 Å². The summed E-state index contributed by atoms with van der Waals surface area (Å²) < 4.78 is 104. The fourth-order valence-electron chi connectivity index (χ4n) is 2.62. The number of ether oxygens (including phenoxy) is 1. The molecule has 1 heterocycles. The summed E-state index contributed by atoms with van der Waals surface area (Å²) in [5.74, 6) is -2.34. The Kier molecular flexibility index (Phi) is 5.81. The molecule has 25 heavy (non-hydrogen) atoms. The van der Waals surface area contributed by atoms with Crippen LogP contribution in [0, 0.1) is 5.92 Å². The molecule has 1 aliphatic rings. The zero-order chi connectivity index (χ0) is 19.9. The third kappa shape index (κ3) is 4.57. The molecule has 0 radical (unpaired) electrons. The van der Waals surface area contributed by atoms with Gasteiger partial charge in [0.1, 0.15) is 9.84 Å². The molecule has 12 heteroatoms. The minimum absolute atomic E-state index is 0.0562. The lowest BCUT2D eigenvalue weighted by Crippen LogP contribution is -2.69. The van der Waals surface area contributed by atoms with Crippen molar-refractivity contribution in [2.24, 2.45) is 5.92 Å². The van der Waals surface area contributed by atoms with Gasteiger partial charge in [0, 0.05) is 6.42 Å². The third-order valence-electron chi connectivity index (χ3n) is 4.19. The van der Waals surface area contributed by atoms with Gasteiger partial charge >= 0.3 is 18.3 Å². The second-order valence-electron chi connectivity index (χ2n) is 6.49. The maximum absolute atomic E-state index is 12.9. The van der Waals surface area contributed by atoms with Gasteiger partial charge in [-0.25, -0.2) is 8.42 Å². The number of hydrogen-bond acceptors (Lipinski definition) is 5. The molecule has 0 spiro atoms. The predicted octanol–water partition coefficient (Wildman–Crippen LogP) is 2.38. The van der Waals surface area contributed by atoms with Crippen molar-refractivity contribution in [1.82, 2.24) is 0 Å². The van der Waals surface area contributed by atoms with Crippen LogP contribution >= 0.6 is 0 Å². The first-order chi connectivity index (χ1) is 10.9. The molecule has 1 rings (SSSR count). The summed E-state index contributed by atoms with van der Waals surface area (Å²) in [6, 6.07) is 0. The lowest BCUT2D eigenvalue weighted by Gasteiger charge is -2.43. The standard InChI is InChI=1S/C13H18F6O5S/c1-10(2,11(21,12(14,15)16)13(17,18)19)24-9(20)7-8-3-5-25(22,23)6-4-8/h8,21H,3-7H2,1-2H3. The molecule has 0 bridgehead atoms. The van der Waals surface area contributed by atoms with Crippen molar-refractivity contribution >= 4 is 15.8 Å². The van der Waals surface area contributed by atoms with Gasteiger partial charge in [0.2, 0.25) is 0 Å². The molecule has 0 aromatic carbocycles. The molecule has 0 atom stereocenters. The van der Waals surface area contributed by atoms with Crippen LogP contribution in [0.2, 0.25) is 0 Å². The molecule has 0 saturated carbocycles. The summed E-state index contributed by atoms with van der Waals surface area (Å²) in [5.41, 5.74) is -8.58. The molecule has 0 aromatic heterocycles. The van der Waals surface area contributed by atoms with E-state index in [2.05, 4.69) is 4.74 Å². The van der Waals surface area contributed by atoms with Gasteiger partial charge in [0.25, 0.3) is 5.60 Å². The molecule has 1 aliphatic heterocycles. The number of esters is 1. The van der Waals surface area contributed by atoms with E-state index in [0.717, 1.165) is 0 Å². The van der Waals surface area contributed by atoms with Crippen LogP contribution in [0.3, 0.4) is 0 Å². The molecular formula is C13H18F6O5S. The Balaban J connectivity index is 2.90. The van der Waals surface area contributed by atoms with Crippen molar-refractivity contribution in [2.75, 3.05) is 11.5 Å². The van der Waals surface area contributed by atoms with Crippen molar-refractivity contribution in [1.29, 1.82) is 0 Å². The Labute approximate surface area is 140 Å². The van der Waals surface area contributed by atoms with Gasteiger partial charge < -0.3 is 9.84 Å². The van der Waals surface area contributed by atoms with Crippen LogP contribution in [-0.4, -0.2) is 54.6 Å². The SMILES string of the molecule is CC(C)(OC(=O)CC1CCS(=O)(=O)CC1)C(O)(C(F)(F)F)C(F)(F)F. The Morgan fingerprint density at radius 3 is 1.80 bits per heavy atom. The maximum atomic E-state index is 12.9. The summed E-state index contributed by atoms with van der Waals surface area (Å²) in [7, 11) is -3.24. The molecule has 1 fully saturated rings. The predicted molar refractivity (Wildman–Crippen MR) is 73.2 cm³/mol. The quantitative estimate of drug-likeness (QED) is 0.579. The highest BCUT2D eigenvalue weighted by Gasteiger charge is 2.78. The van der Waals surface area contributed by atoms with Crippen LogP contribution in [0.5, 0.6) is 0 Å². The first kappa shape index (κ1) is 22.0. The van der Waals surface area contributed by atoms with Gasteiger partial charge in [-0.1, -0.05) is 0 Å². The van der Waals surface area contributed by atoms with E-state index in [0.29, 0.717) is 13.8 Å².